The summed E-state index contributed by atoms with van der Waals surface area (Å²) in [7, 11) is 0. The first-order chi connectivity index (χ1) is 19.7. The van der Waals surface area contributed by atoms with E-state index in [1.165, 1.54) is 45.9 Å². The monoisotopic (exact) mass is 559 g/mol. The van der Waals surface area contributed by atoms with Gasteiger partial charge in [0, 0.05) is 37.0 Å². The molecule has 1 unspecified atom stereocenters. The second kappa shape index (κ2) is 18.5. The van der Waals surface area contributed by atoms with Crippen molar-refractivity contribution in [1.29, 1.82) is 0 Å². The maximum atomic E-state index is 4.75. The van der Waals surface area contributed by atoms with E-state index in [2.05, 4.69) is 64.6 Å². The Morgan fingerprint density at radius 3 is 2.50 bits per heavy atom. The highest BCUT2D eigenvalue weighted by Gasteiger charge is 2.26. The third kappa shape index (κ3) is 9.12. The minimum absolute atomic E-state index is 0.499. The molecule has 0 amide bonds. The molecule has 1 fully saturated rings. The van der Waals surface area contributed by atoms with Gasteiger partial charge in [-0.05, 0) is 103 Å². The number of nitrogens with zero attached hydrogens (tertiary/aromatic N) is 3. The van der Waals surface area contributed by atoms with E-state index in [1.54, 1.807) is 11.8 Å². The molecule has 6 heteroatoms. The average molecular weight is 560 g/mol. The number of nitrogens with one attached hydrogen (secondary N) is 2. The van der Waals surface area contributed by atoms with Crippen LogP contribution < -0.4 is 10.6 Å². The Labute approximate surface area is 247 Å². The van der Waals surface area contributed by atoms with Gasteiger partial charge in [0.1, 0.15) is 0 Å². The molecular weight excluding hydrogens is 510 g/mol. The van der Waals surface area contributed by atoms with E-state index in [0.717, 1.165) is 42.9 Å². The molecule has 2 N–H and O–H groups in total. The molecule has 1 aliphatic carbocycles. The lowest BCUT2D eigenvalue weighted by atomic mass is 9.94. The summed E-state index contributed by atoms with van der Waals surface area (Å²) in [6.45, 7) is 16.8. The minimum Gasteiger partial charge on any atom is -0.315 e. The van der Waals surface area contributed by atoms with Crippen molar-refractivity contribution in [3.8, 4) is 0 Å². The van der Waals surface area contributed by atoms with Crippen LogP contribution >= 0.6 is 11.8 Å². The smallest absolute Gasteiger partial charge is 0.0886 e. The summed E-state index contributed by atoms with van der Waals surface area (Å²) in [6, 6.07) is 13.3. The second-order valence-corrected chi connectivity index (χ2v) is 10.1. The zero-order valence-corrected chi connectivity index (χ0v) is 26.5. The van der Waals surface area contributed by atoms with Crippen LogP contribution in [-0.2, 0) is 12.8 Å². The number of allylic oxidation sites excluding steroid dienone is 1. The zero-order valence-electron chi connectivity index (χ0n) is 25.7. The molecule has 1 saturated heterocycles. The van der Waals surface area contributed by atoms with E-state index in [9.17, 15) is 0 Å². The van der Waals surface area contributed by atoms with Crippen molar-refractivity contribution in [3.63, 3.8) is 0 Å². The first-order valence-corrected chi connectivity index (χ1v) is 16.3. The van der Waals surface area contributed by atoms with E-state index >= 15 is 0 Å². The summed E-state index contributed by atoms with van der Waals surface area (Å²) in [4.78, 5) is 13.6. The molecule has 1 aromatic heterocycles. The van der Waals surface area contributed by atoms with Crippen molar-refractivity contribution in [2.24, 2.45) is 9.98 Å². The molecule has 0 radical (unpaired) electrons. The van der Waals surface area contributed by atoms with Crippen LogP contribution in [0.15, 0.2) is 58.7 Å². The van der Waals surface area contributed by atoms with Crippen LogP contribution in [-0.4, -0.2) is 56.2 Å². The summed E-state index contributed by atoms with van der Waals surface area (Å²) in [5.74, 6) is 0. The van der Waals surface area contributed by atoms with Crippen molar-refractivity contribution in [2.75, 3.05) is 32.3 Å². The van der Waals surface area contributed by atoms with Crippen LogP contribution in [0.2, 0.25) is 0 Å². The Kier molecular flexibility index (Phi) is 15.5. The number of fused-ring (bicyclic) bond motifs is 3. The van der Waals surface area contributed by atoms with Gasteiger partial charge in [0.05, 0.1) is 18.1 Å². The zero-order chi connectivity index (χ0) is 29.3. The number of aliphatic imine (C=N–C) groups is 2. The van der Waals surface area contributed by atoms with E-state index < -0.39 is 0 Å². The van der Waals surface area contributed by atoms with Crippen LogP contribution in [0.5, 0.6) is 0 Å². The van der Waals surface area contributed by atoms with E-state index in [-0.39, 0.29) is 0 Å². The fourth-order valence-electron chi connectivity index (χ4n) is 4.96. The quantitative estimate of drug-likeness (QED) is 0.220. The van der Waals surface area contributed by atoms with Gasteiger partial charge >= 0.3 is 0 Å². The lowest BCUT2D eigenvalue weighted by Gasteiger charge is -2.22. The highest BCUT2D eigenvalue weighted by atomic mass is 32.2. The maximum absolute atomic E-state index is 4.75. The molecule has 2 aliphatic rings. The number of pyridine rings is 1. The van der Waals surface area contributed by atoms with Crippen molar-refractivity contribution in [1.82, 2.24) is 15.6 Å². The van der Waals surface area contributed by atoms with Gasteiger partial charge in [-0.15, -0.1) is 0 Å². The topological polar surface area (TPSA) is 61.7 Å². The van der Waals surface area contributed by atoms with Gasteiger partial charge in [0.15, 0.2) is 0 Å². The molecule has 40 heavy (non-hydrogen) atoms. The molecule has 3 aromatic rings. The lowest BCUT2D eigenvalue weighted by molar-refractivity contribution is 0.395. The summed E-state index contributed by atoms with van der Waals surface area (Å²) in [6.07, 6.45) is 14.0. The van der Waals surface area contributed by atoms with Crippen molar-refractivity contribution in [3.05, 3.63) is 82.2 Å². The predicted octanol–water partition coefficient (Wildman–Crippen LogP) is 7.48. The summed E-state index contributed by atoms with van der Waals surface area (Å²) < 4.78 is 0. The average Bonchev–Trinajstić information content (AvgIpc) is 3.82. The van der Waals surface area contributed by atoms with Gasteiger partial charge in [0.2, 0.25) is 0 Å². The molecule has 2 heterocycles. The summed E-state index contributed by atoms with van der Waals surface area (Å²) >= 11 is 1.75. The lowest BCUT2D eigenvalue weighted by Crippen LogP contribution is -2.43. The number of thioether (sulfide) groups is 1. The number of hydrogen-bond donors (Lipinski definition) is 2. The highest BCUT2D eigenvalue weighted by molar-refractivity contribution is 7.97. The Morgan fingerprint density at radius 1 is 1.10 bits per heavy atom. The number of rotatable bonds is 8. The Bertz CT molecular complexity index is 1260. The number of hydrogen-bond acceptors (Lipinski definition) is 6. The fourth-order valence-corrected chi connectivity index (χ4v) is 4.96. The third-order valence-corrected chi connectivity index (χ3v) is 6.86. The fraction of sp³-hybridized carbons (Fsp3) is 0.441. The molecule has 0 saturated carbocycles. The van der Waals surface area contributed by atoms with Gasteiger partial charge in [0.25, 0.3) is 0 Å². The van der Waals surface area contributed by atoms with E-state index in [4.69, 9.17) is 4.98 Å². The van der Waals surface area contributed by atoms with Gasteiger partial charge in [-0.25, -0.2) is 0 Å². The molecule has 0 spiro atoms. The van der Waals surface area contributed by atoms with Crippen molar-refractivity contribution >= 4 is 41.2 Å². The number of piperidine rings is 1. The molecule has 5 rings (SSSR count). The van der Waals surface area contributed by atoms with Gasteiger partial charge in [-0.2, -0.15) is 11.8 Å². The van der Waals surface area contributed by atoms with E-state index in [0.29, 0.717) is 12.7 Å². The summed E-state index contributed by atoms with van der Waals surface area (Å²) in [5.41, 5.74) is 8.62. The number of aromatic nitrogens is 1. The largest absolute Gasteiger partial charge is 0.315 e. The number of benzene rings is 2. The third-order valence-electron chi connectivity index (χ3n) is 6.86. The van der Waals surface area contributed by atoms with Crippen molar-refractivity contribution in [2.45, 2.75) is 66.3 Å². The predicted molar refractivity (Wildman–Crippen MR) is 181 cm³/mol. The van der Waals surface area contributed by atoms with Gasteiger partial charge < -0.3 is 5.32 Å². The van der Waals surface area contributed by atoms with E-state index in [1.807, 2.05) is 64.8 Å². The van der Waals surface area contributed by atoms with Gasteiger partial charge in [-0.1, -0.05) is 52.0 Å². The Balaban J connectivity index is 0.000000737. The molecule has 0 bridgehead atoms. The van der Waals surface area contributed by atoms with Crippen LogP contribution in [0.25, 0.3) is 16.5 Å². The first kappa shape index (κ1) is 33.4. The van der Waals surface area contributed by atoms with Gasteiger partial charge in [-0.3, -0.25) is 20.3 Å². The van der Waals surface area contributed by atoms with Crippen LogP contribution in [0.4, 0.5) is 0 Å². The molecule has 216 valence electrons. The highest BCUT2D eigenvalue weighted by Crippen LogP contribution is 2.42. The molecular formula is C34H49N5S. The van der Waals surface area contributed by atoms with Crippen LogP contribution in [0.1, 0.15) is 74.0 Å². The molecule has 1 atom stereocenters. The molecule has 5 nitrogen and oxygen atoms in total. The Morgan fingerprint density at radius 2 is 1.82 bits per heavy atom. The van der Waals surface area contributed by atoms with Crippen LogP contribution in [0, 0.1) is 6.92 Å². The maximum Gasteiger partial charge on any atom is 0.0886 e. The summed E-state index contributed by atoms with van der Waals surface area (Å²) in [5, 5.41) is 9.62. The first-order valence-electron chi connectivity index (χ1n) is 14.6. The normalized spacial score (nSPS) is 15.6. The SMILES string of the molecule is C=N/C(=C\C=N/CNC1CCCNC1)c1cccnc1Cc1c(C)c2c(c3ccccc13)C2.CC.CC.CSC. The van der Waals surface area contributed by atoms with Crippen molar-refractivity contribution < 1.29 is 0 Å². The molecule has 2 aromatic carbocycles. The second-order valence-electron chi connectivity index (χ2n) is 9.31. The Hall–Kier alpha value is -2.80. The molecule has 1 aliphatic heterocycles. The standard InChI is InChI=1S/C28H31N5.C2H6S.2C2H6/c1-19-24-15-26(24)22-9-4-3-8-21(22)25(19)16-28-23(10-6-13-32-28)27(29-2)11-14-31-18-33-20-7-5-12-30-17-20;1-3-2;2*1-2/h3-4,6,8-11,13-14,20,30,33H,2,5,7,12,15-18H2,1H3;1-2H3;2*1-2H3/b27-11-,31-14-;;;. The van der Waals surface area contributed by atoms with Crippen LogP contribution in [0.3, 0.4) is 0 Å². The minimum atomic E-state index is 0.499.